The molecular formula is C20H30N4O4. The standard InChI is InChI=1S/C20H30N4O4/c1-22-8-7-21-20(26)18(22)15-19(25)24-11-9-23(10-12-24)13-14-28-17-5-3-16(27-2)4-6-17/h3-6,18H,7-15H2,1-2H3,(H,21,26). The van der Waals surface area contributed by atoms with E-state index in [1.54, 1.807) is 7.11 Å². The molecule has 154 valence electrons. The minimum Gasteiger partial charge on any atom is -0.497 e. The van der Waals surface area contributed by atoms with E-state index in [-0.39, 0.29) is 24.3 Å². The van der Waals surface area contributed by atoms with Crippen molar-refractivity contribution in [1.29, 1.82) is 0 Å². The number of ether oxygens (including phenoxy) is 2. The van der Waals surface area contributed by atoms with Crippen LogP contribution in [0.4, 0.5) is 0 Å². The number of piperazine rings is 2. The van der Waals surface area contributed by atoms with Crippen LogP contribution in [-0.2, 0) is 9.59 Å². The molecule has 1 aromatic carbocycles. The summed E-state index contributed by atoms with van der Waals surface area (Å²) in [4.78, 5) is 30.7. The molecule has 3 rings (SSSR count). The number of rotatable bonds is 7. The smallest absolute Gasteiger partial charge is 0.237 e. The molecule has 0 aliphatic carbocycles. The Balaban J connectivity index is 1.36. The lowest BCUT2D eigenvalue weighted by Gasteiger charge is -2.37. The van der Waals surface area contributed by atoms with Crippen LogP contribution in [0.3, 0.4) is 0 Å². The molecule has 0 saturated carbocycles. The molecule has 1 atom stereocenters. The summed E-state index contributed by atoms with van der Waals surface area (Å²) in [6.45, 7) is 5.89. The maximum atomic E-state index is 12.6. The number of nitrogens with zero attached hydrogens (tertiary/aromatic N) is 3. The lowest BCUT2D eigenvalue weighted by molar-refractivity contribution is -0.139. The Morgan fingerprint density at radius 3 is 2.43 bits per heavy atom. The Hall–Kier alpha value is -2.32. The van der Waals surface area contributed by atoms with Gasteiger partial charge in [0.25, 0.3) is 0 Å². The molecule has 1 unspecified atom stereocenters. The Morgan fingerprint density at radius 1 is 1.11 bits per heavy atom. The summed E-state index contributed by atoms with van der Waals surface area (Å²) < 4.78 is 10.9. The maximum Gasteiger partial charge on any atom is 0.237 e. The molecule has 2 amide bonds. The first-order valence-corrected chi connectivity index (χ1v) is 9.82. The van der Waals surface area contributed by atoms with Crippen LogP contribution in [0, 0.1) is 0 Å². The van der Waals surface area contributed by atoms with Crippen molar-refractivity contribution in [3.63, 3.8) is 0 Å². The van der Waals surface area contributed by atoms with Crippen LogP contribution in [-0.4, -0.2) is 99.1 Å². The Bertz CT molecular complexity index is 659. The van der Waals surface area contributed by atoms with Gasteiger partial charge in [-0.2, -0.15) is 0 Å². The number of amides is 2. The van der Waals surface area contributed by atoms with Crippen molar-refractivity contribution in [3.05, 3.63) is 24.3 Å². The van der Waals surface area contributed by atoms with Gasteiger partial charge in [-0.25, -0.2) is 0 Å². The SMILES string of the molecule is COc1ccc(OCCN2CCN(C(=O)CC3C(=O)NCCN3C)CC2)cc1. The first kappa shape index (κ1) is 20.4. The van der Waals surface area contributed by atoms with Crippen LogP contribution in [0.2, 0.25) is 0 Å². The van der Waals surface area contributed by atoms with Crippen molar-refractivity contribution < 1.29 is 19.1 Å². The summed E-state index contributed by atoms with van der Waals surface area (Å²) in [5.74, 6) is 1.65. The highest BCUT2D eigenvalue weighted by molar-refractivity contribution is 5.88. The molecule has 8 nitrogen and oxygen atoms in total. The molecule has 8 heteroatoms. The van der Waals surface area contributed by atoms with E-state index in [1.807, 2.05) is 41.1 Å². The molecule has 2 fully saturated rings. The second-order valence-electron chi connectivity index (χ2n) is 7.24. The molecule has 0 radical (unpaired) electrons. The molecule has 0 spiro atoms. The lowest BCUT2D eigenvalue weighted by atomic mass is 10.1. The van der Waals surface area contributed by atoms with Gasteiger partial charge >= 0.3 is 0 Å². The number of benzene rings is 1. The van der Waals surface area contributed by atoms with E-state index in [4.69, 9.17) is 9.47 Å². The maximum absolute atomic E-state index is 12.6. The molecule has 2 saturated heterocycles. The molecular weight excluding hydrogens is 360 g/mol. The van der Waals surface area contributed by atoms with Gasteiger partial charge in [-0.15, -0.1) is 0 Å². The summed E-state index contributed by atoms with van der Waals surface area (Å²) in [7, 11) is 3.54. The van der Waals surface area contributed by atoms with Crippen LogP contribution in [0.25, 0.3) is 0 Å². The topological polar surface area (TPSA) is 74.3 Å². The highest BCUT2D eigenvalue weighted by atomic mass is 16.5. The monoisotopic (exact) mass is 390 g/mol. The second kappa shape index (κ2) is 9.75. The summed E-state index contributed by atoms with van der Waals surface area (Å²) in [5.41, 5.74) is 0. The van der Waals surface area contributed by atoms with Gasteiger partial charge in [0.1, 0.15) is 18.1 Å². The molecule has 0 aromatic heterocycles. The fourth-order valence-corrected chi connectivity index (χ4v) is 3.56. The molecule has 2 heterocycles. The Kier molecular flexibility index (Phi) is 7.11. The summed E-state index contributed by atoms with van der Waals surface area (Å²) in [6, 6.07) is 7.20. The lowest BCUT2D eigenvalue weighted by Crippen LogP contribution is -2.56. The van der Waals surface area contributed by atoms with Crippen molar-refractivity contribution in [1.82, 2.24) is 20.0 Å². The van der Waals surface area contributed by atoms with Crippen molar-refractivity contribution >= 4 is 11.8 Å². The highest BCUT2D eigenvalue weighted by Crippen LogP contribution is 2.17. The normalized spacial score (nSPS) is 21.3. The van der Waals surface area contributed by atoms with Crippen molar-refractivity contribution in [3.8, 4) is 11.5 Å². The largest absolute Gasteiger partial charge is 0.497 e. The fraction of sp³-hybridized carbons (Fsp3) is 0.600. The molecule has 1 aromatic rings. The van der Waals surface area contributed by atoms with Crippen LogP contribution in [0.5, 0.6) is 11.5 Å². The predicted octanol–water partition coefficient (Wildman–Crippen LogP) is 0.0385. The number of hydrogen-bond donors (Lipinski definition) is 1. The quantitative estimate of drug-likeness (QED) is 0.709. The van der Waals surface area contributed by atoms with Crippen molar-refractivity contribution in [2.45, 2.75) is 12.5 Å². The summed E-state index contributed by atoms with van der Waals surface area (Å²) >= 11 is 0. The summed E-state index contributed by atoms with van der Waals surface area (Å²) in [5, 5.41) is 2.84. The number of hydrogen-bond acceptors (Lipinski definition) is 6. The highest BCUT2D eigenvalue weighted by Gasteiger charge is 2.31. The van der Waals surface area contributed by atoms with Gasteiger partial charge in [0.05, 0.1) is 19.6 Å². The van der Waals surface area contributed by atoms with E-state index < -0.39 is 0 Å². The Labute approximate surface area is 166 Å². The zero-order chi connectivity index (χ0) is 19.9. The van der Waals surface area contributed by atoms with E-state index in [0.29, 0.717) is 26.2 Å². The second-order valence-corrected chi connectivity index (χ2v) is 7.24. The fourth-order valence-electron chi connectivity index (χ4n) is 3.56. The van der Waals surface area contributed by atoms with Crippen LogP contribution >= 0.6 is 0 Å². The first-order valence-electron chi connectivity index (χ1n) is 9.82. The predicted molar refractivity (Wildman–Crippen MR) is 106 cm³/mol. The molecule has 1 N–H and O–H groups in total. The van der Waals surface area contributed by atoms with Crippen LogP contribution < -0.4 is 14.8 Å². The Morgan fingerprint density at radius 2 is 1.79 bits per heavy atom. The number of methoxy groups -OCH3 is 1. The van der Waals surface area contributed by atoms with Gasteiger partial charge in [-0.05, 0) is 31.3 Å². The van der Waals surface area contributed by atoms with Gasteiger partial charge < -0.3 is 19.7 Å². The van der Waals surface area contributed by atoms with Crippen molar-refractivity contribution in [2.24, 2.45) is 0 Å². The number of carbonyl (C=O) groups excluding carboxylic acids is 2. The molecule has 2 aliphatic rings. The van der Waals surface area contributed by atoms with E-state index in [2.05, 4.69) is 10.2 Å². The number of likely N-dealkylation sites (N-methyl/N-ethyl adjacent to an activating group) is 1. The molecule has 2 aliphatic heterocycles. The van der Waals surface area contributed by atoms with E-state index in [0.717, 1.165) is 37.7 Å². The molecule has 0 bridgehead atoms. The average molecular weight is 390 g/mol. The van der Waals surface area contributed by atoms with Crippen LogP contribution in [0.15, 0.2) is 24.3 Å². The minimum absolute atomic E-state index is 0.0450. The minimum atomic E-state index is -0.350. The average Bonchev–Trinajstić information content (AvgIpc) is 2.72. The van der Waals surface area contributed by atoms with Gasteiger partial charge in [0.15, 0.2) is 0 Å². The van der Waals surface area contributed by atoms with Crippen molar-refractivity contribution in [2.75, 3.05) is 66.6 Å². The third-order valence-corrected chi connectivity index (χ3v) is 5.43. The summed E-state index contributed by atoms with van der Waals surface area (Å²) in [6.07, 6.45) is 0.253. The number of nitrogens with one attached hydrogen (secondary N) is 1. The van der Waals surface area contributed by atoms with Gasteiger partial charge in [0.2, 0.25) is 11.8 Å². The van der Waals surface area contributed by atoms with E-state index in [1.165, 1.54) is 0 Å². The third kappa shape index (κ3) is 5.36. The van der Waals surface area contributed by atoms with Gasteiger partial charge in [-0.3, -0.25) is 19.4 Å². The third-order valence-electron chi connectivity index (χ3n) is 5.43. The van der Waals surface area contributed by atoms with Gasteiger partial charge in [0, 0.05) is 45.8 Å². The zero-order valence-electron chi connectivity index (χ0n) is 16.7. The molecule has 28 heavy (non-hydrogen) atoms. The van der Waals surface area contributed by atoms with E-state index in [9.17, 15) is 9.59 Å². The number of carbonyl (C=O) groups is 2. The van der Waals surface area contributed by atoms with Crippen LogP contribution in [0.1, 0.15) is 6.42 Å². The van der Waals surface area contributed by atoms with Gasteiger partial charge in [-0.1, -0.05) is 0 Å². The first-order chi connectivity index (χ1) is 13.6. The zero-order valence-corrected chi connectivity index (χ0v) is 16.7. The van der Waals surface area contributed by atoms with E-state index >= 15 is 0 Å².